The Hall–Kier alpha value is -1.84. The molecule has 0 saturated carbocycles. The van der Waals surface area contributed by atoms with Crippen LogP contribution in [0.4, 0.5) is 0 Å². The molecule has 1 rings (SSSR count). The zero-order valence-electron chi connectivity index (χ0n) is 13.2. The summed E-state index contributed by atoms with van der Waals surface area (Å²) in [4.78, 5) is 25.6. The van der Waals surface area contributed by atoms with Gasteiger partial charge in [0.15, 0.2) is 5.78 Å². The minimum Gasteiger partial charge on any atom is -0.497 e. The average molecular weight is 291 g/mol. The van der Waals surface area contributed by atoms with Crippen LogP contribution in [0.15, 0.2) is 24.3 Å². The molecule has 0 fully saturated rings. The lowest BCUT2D eigenvalue weighted by Gasteiger charge is -2.16. The van der Waals surface area contributed by atoms with E-state index in [9.17, 15) is 9.59 Å². The van der Waals surface area contributed by atoms with Gasteiger partial charge in [0.25, 0.3) is 0 Å². The Bertz CT molecular complexity index is 454. The van der Waals surface area contributed by atoms with Crippen molar-refractivity contribution in [3.8, 4) is 5.75 Å². The molecule has 4 heteroatoms. The first-order valence-corrected chi connectivity index (χ1v) is 7.49. The molecule has 1 amide bonds. The maximum absolute atomic E-state index is 12.0. The standard InChI is InChI=1S/C17H25NO3/c1-4-5-13-18(2)17(20)8-6-7-16(19)14-9-11-15(21-3)12-10-14/h9-12H,4-8,13H2,1-3H3. The third-order valence-electron chi connectivity index (χ3n) is 3.48. The number of methoxy groups -OCH3 is 1. The largest absolute Gasteiger partial charge is 0.497 e. The van der Waals surface area contributed by atoms with E-state index in [1.54, 1.807) is 36.3 Å². The van der Waals surface area contributed by atoms with E-state index in [-0.39, 0.29) is 11.7 Å². The smallest absolute Gasteiger partial charge is 0.222 e. The number of ether oxygens (including phenoxy) is 1. The third-order valence-corrected chi connectivity index (χ3v) is 3.48. The van der Waals surface area contributed by atoms with Crippen LogP contribution >= 0.6 is 0 Å². The molecular weight excluding hydrogens is 266 g/mol. The van der Waals surface area contributed by atoms with Crippen LogP contribution in [0.5, 0.6) is 5.75 Å². The number of nitrogens with zero attached hydrogens (tertiary/aromatic N) is 1. The van der Waals surface area contributed by atoms with Gasteiger partial charge < -0.3 is 9.64 Å². The first-order chi connectivity index (χ1) is 10.1. The predicted octanol–water partition coefficient (Wildman–Crippen LogP) is 3.31. The summed E-state index contributed by atoms with van der Waals surface area (Å²) in [6.45, 7) is 2.90. The van der Waals surface area contributed by atoms with Crippen LogP contribution < -0.4 is 4.74 Å². The van der Waals surface area contributed by atoms with Gasteiger partial charge in [0.1, 0.15) is 5.75 Å². The maximum Gasteiger partial charge on any atom is 0.222 e. The highest BCUT2D eigenvalue weighted by Crippen LogP contribution is 2.14. The van der Waals surface area contributed by atoms with E-state index in [1.807, 2.05) is 7.05 Å². The number of ketones is 1. The minimum absolute atomic E-state index is 0.0710. The molecule has 4 nitrogen and oxygen atoms in total. The van der Waals surface area contributed by atoms with Crippen LogP contribution in [0.3, 0.4) is 0 Å². The van der Waals surface area contributed by atoms with Crippen molar-refractivity contribution in [3.05, 3.63) is 29.8 Å². The van der Waals surface area contributed by atoms with Gasteiger partial charge in [-0.1, -0.05) is 13.3 Å². The van der Waals surface area contributed by atoms with Crippen LogP contribution in [0.2, 0.25) is 0 Å². The molecule has 1 aromatic carbocycles. The zero-order valence-corrected chi connectivity index (χ0v) is 13.2. The van der Waals surface area contributed by atoms with Crippen molar-refractivity contribution in [1.29, 1.82) is 0 Å². The quantitative estimate of drug-likeness (QED) is 0.656. The molecule has 0 aromatic heterocycles. The monoisotopic (exact) mass is 291 g/mol. The number of rotatable bonds is 9. The molecule has 0 spiro atoms. The second-order valence-corrected chi connectivity index (χ2v) is 5.17. The SMILES string of the molecule is CCCCN(C)C(=O)CCCC(=O)c1ccc(OC)cc1. The van der Waals surface area contributed by atoms with Gasteiger partial charge in [-0.15, -0.1) is 0 Å². The molecule has 0 N–H and O–H groups in total. The van der Waals surface area contributed by atoms with Gasteiger partial charge in [-0.05, 0) is 37.1 Å². The lowest BCUT2D eigenvalue weighted by Crippen LogP contribution is -2.27. The number of benzene rings is 1. The second-order valence-electron chi connectivity index (χ2n) is 5.17. The van der Waals surface area contributed by atoms with Crippen molar-refractivity contribution in [2.75, 3.05) is 20.7 Å². The van der Waals surface area contributed by atoms with Crippen molar-refractivity contribution < 1.29 is 14.3 Å². The number of unbranched alkanes of at least 4 members (excludes halogenated alkanes) is 1. The summed E-state index contributed by atoms with van der Waals surface area (Å²) in [6.07, 6.45) is 3.53. The Morgan fingerprint density at radius 1 is 1.10 bits per heavy atom. The van der Waals surface area contributed by atoms with E-state index in [4.69, 9.17) is 4.74 Å². The number of amides is 1. The van der Waals surface area contributed by atoms with E-state index >= 15 is 0 Å². The lowest BCUT2D eigenvalue weighted by molar-refractivity contribution is -0.130. The van der Waals surface area contributed by atoms with Crippen LogP contribution in [0, 0.1) is 0 Å². The molecule has 0 atom stereocenters. The number of Topliss-reactive ketones (excluding diaryl/α,β-unsaturated/α-hetero) is 1. The highest BCUT2D eigenvalue weighted by atomic mass is 16.5. The van der Waals surface area contributed by atoms with Crippen molar-refractivity contribution in [1.82, 2.24) is 4.90 Å². The van der Waals surface area contributed by atoms with Gasteiger partial charge >= 0.3 is 0 Å². The van der Waals surface area contributed by atoms with Crippen molar-refractivity contribution >= 4 is 11.7 Å². The summed E-state index contributed by atoms with van der Waals surface area (Å²) in [6, 6.07) is 7.07. The van der Waals surface area contributed by atoms with Crippen LogP contribution in [0.1, 0.15) is 49.4 Å². The van der Waals surface area contributed by atoms with Crippen LogP contribution in [0.25, 0.3) is 0 Å². The zero-order chi connectivity index (χ0) is 15.7. The Morgan fingerprint density at radius 2 is 1.76 bits per heavy atom. The Morgan fingerprint density at radius 3 is 2.33 bits per heavy atom. The predicted molar refractivity (Wildman–Crippen MR) is 83.7 cm³/mol. The summed E-state index contributed by atoms with van der Waals surface area (Å²) in [5.41, 5.74) is 0.669. The molecule has 0 radical (unpaired) electrons. The Kier molecular flexibility index (Phi) is 7.51. The first kappa shape index (κ1) is 17.2. The summed E-state index contributed by atoms with van der Waals surface area (Å²) in [5, 5.41) is 0. The van der Waals surface area contributed by atoms with Gasteiger partial charge in [0, 0.05) is 32.0 Å². The van der Waals surface area contributed by atoms with Gasteiger partial charge in [-0.25, -0.2) is 0 Å². The van der Waals surface area contributed by atoms with E-state index < -0.39 is 0 Å². The summed E-state index contributed by atoms with van der Waals surface area (Å²) >= 11 is 0. The molecule has 0 saturated heterocycles. The molecule has 0 heterocycles. The number of carbonyl (C=O) groups excluding carboxylic acids is 2. The molecule has 21 heavy (non-hydrogen) atoms. The Balaban J connectivity index is 2.34. The molecule has 0 aliphatic carbocycles. The third kappa shape index (κ3) is 5.98. The number of hydrogen-bond acceptors (Lipinski definition) is 3. The number of hydrogen-bond donors (Lipinski definition) is 0. The summed E-state index contributed by atoms with van der Waals surface area (Å²) in [7, 11) is 3.42. The minimum atomic E-state index is 0.0710. The topological polar surface area (TPSA) is 46.6 Å². The van der Waals surface area contributed by atoms with Crippen LogP contribution in [-0.2, 0) is 4.79 Å². The fraction of sp³-hybridized carbons (Fsp3) is 0.529. The molecule has 0 bridgehead atoms. The second kappa shape index (κ2) is 9.16. The summed E-state index contributed by atoms with van der Waals surface area (Å²) in [5.74, 6) is 0.923. The Labute approximate surface area is 127 Å². The molecule has 0 aliphatic rings. The highest BCUT2D eigenvalue weighted by molar-refractivity contribution is 5.96. The maximum atomic E-state index is 12.0. The van der Waals surface area contributed by atoms with Gasteiger partial charge in [0.05, 0.1) is 7.11 Å². The molecule has 0 aliphatic heterocycles. The summed E-state index contributed by atoms with van der Waals surface area (Å²) < 4.78 is 5.06. The van der Waals surface area contributed by atoms with Crippen molar-refractivity contribution in [2.24, 2.45) is 0 Å². The van der Waals surface area contributed by atoms with E-state index in [0.29, 0.717) is 24.8 Å². The first-order valence-electron chi connectivity index (χ1n) is 7.49. The van der Waals surface area contributed by atoms with Crippen molar-refractivity contribution in [2.45, 2.75) is 39.0 Å². The molecule has 116 valence electrons. The normalized spacial score (nSPS) is 10.2. The van der Waals surface area contributed by atoms with Crippen molar-refractivity contribution in [3.63, 3.8) is 0 Å². The van der Waals surface area contributed by atoms with Gasteiger partial charge in [-0.3, -0.25) is 9.59 Å². The fourth-order valence-electron chi connectivity index (χ4n) is 2.03. The van der Waals surface area contributed by atoms with E-state index in [0.717, 1.165) is 25.1 Å². The lowest BCUT2D eigenvalue weighted by atomic mass is 10.1. The molecule has 0 unspecified atom stereocenters. The fourth-order valence-corrected chi connectivity index (χ4v) is 2.03. The van der Waals surface area contributed by atoms with Crippen LogP contribution in [-0.4, -0.2) is 37.3 Å². The average Bonchev–Trinajstić information content (AvgIpc) is 2.52. The van der Waals surface area contributed by atoms with Gasteiger partial charge in [0.2, 0.25) is 5.91 Å². The van der Waals surface area contributed by atoms with Gasteiger partial charge in [-0.2, -0.15) is 0 Å². The highest BCUT2D eigenvalue weighted by Gasteiger charge is 2.10. The molecular formula is C17H25NO3. The van der Waals surface area contributed by atoms with E-state index in [1.165, 1.54) is 0 Å². The molecule has 1 aromatic rings. The van der Waals surface area contributed by atoms with E-state index in [2.05, 4.69) is 6.92 Å². The number of carbonyl (C=O) groups is 2.